The van der Waals surface area contributed by atoms with E-state index in [1.165, 1.54) is 16.3 Å². The highest BCUT2D eigenvalue weighted by Crippen LogP contribution is 2.43. The van der Waals surface area contributed by atoms with Crippen LogP contribution in [0.15, 0.2) is 191 Å². The fourth-order valence-electron chi connectivity index (χ4n) is 8.50. The number of para-hydroxylation sites is 3. The average Bonchev–Trinajstić information content (AvgIpc) is 3.96. The van der Waals surface area contributed by atoms with Gasteiger partial charge >= 0.3 is 0 Å². The number of hydrogen-bond acceptors (Lipinski definition) is 5. The SMILES string of the molecule is c1ccc(-c2nc(-c3ccc4c(c3)oc3ccccc34)nc(-c3cccc4oc5cccc(-c6ccc7c(c6)c6ccccc6n7-c6ccccc6)c5c34)n2)cc1. The third kappa shape index (κ3) is 4.94. The molecule has 0 bridgehead atoms. The van der Waals surface area contributed by atoms with Crippen LogP contribution in [0.4, 0.5) is 0 Å². The predicted octanol–water partition coefficient (Wildman–Crippen LogP) is 13.4. The Hall–Kier alpha value is -7.83. The van der Waals surface area contributed by atoms with E-state index in [2.05, 4.69) is 114 Å². The number of furan rings is 2. The summed E-state index contributed by atoms with van der Waals surface area (Å²) in [6, 6.07) is 62.7. The van der Waals surface area contributed by atoms with Crippen molar-refractivity contribution < 1.29 is 8.83 Å². The number of rotatable bonds is 5. The molecule has 12 aromatic rings. The van der Waals surface area contributed by atoms with E-state index in [1.807, 2.05) is 72.8 Å². The van der Waals surface area contributed by atoms with Gasteiger partial charge in [0.1, 0.15) is 22.3 Å². The van der Waals surface area contributed by atoms with Crippen molar-refractivity contribution in [2.45, 2.75) is 0 Å². The Kier molecular flexibility index (Phi) is 6.83. The molecule has 0 aliphatic heterocycles. The second-order valence-corrected chi connectivity index (χ2v) is 14.4. The maximum absolute atomic E-state index is 6.62. The zero-order valence-corrected chi connectivity index (χ0v) is 30.4. The van der Waals surface area contributed by atoms with E-state index in [0.29, 0.717) is 17.5 Å². The van der Waals surface area contributed by atoms with Gasteiger partial charge in [0.25, 0.3) is 0 Å². The molecule has 0 atom stereocenters. The van der Waals surface area contributed by atoms with Gasteiger partial charge in [0.05, 0.1) is 11.0 Å². The fourth-order valence-corrected chi connectivity index (χ4v) is 8.50. The first-order valence-corrected chi connectivity index (χ1v) is 19.0. The molecule has 0 saturated carbocycles. The summed E-state index contributed by atoms with van der Waals surface area (Å²) in [6.07, 6.45) is 0. The summed E-state index contributed by atoms with van der Waals surface area (Å²) in [5.41, 5.74) is 11.4. The van der Waals surface area contributed by atoms with Crippen molar-refractivity contribution in [1.82, 2.24) is 19.5 Å². The first kappa shape index (κ1) is 31.5. The lowest BCUT2D eigenvalue weighted by Crippen LogP contribution is -2.00. The van der Waals surface area contributed by atoms with Gasteiger partial charge in [-0.1, -0.05) is 121 Å². The maximum Gasteiger partial charge on any atom is 0.164 e. The highest BCUT2D eigenvalue weighted by Gasteiger charge is 2.21. The Bertz CT molecular complexity index is 3530. The van der Waals surface area contributed by atoms with Gasteiger partial charge in [0.2, 0.25) is 0 Å². The molecule has 0 aliphatic rings. The van der Waals surface area contributed by atoms with Crippen LogP contribution in [0.1, 0.15) is 0 Å². The normalized spacial score (nSPS) is 11.9. The third-order valence-electron chi connectivity index (χ3n) is 11.1. The van der Waals surface area contributed by atoms with Gasteiger partial charge in [-0.25, -0.2) is 15.0 Å². The van der Waals surface area contributed by atoms with E-state index < -0.39 is 0 Å². The Morgan fingerprint density at radius 2 is 0.912 bits per heavy atom. The van der Waals surface area contributed by atoms with Crippen LogP contribution in [-0.2, 0) is 0 Å². The van der Waals surface area contributed by atoms with E-state index in [0.717, 1.165) is 82.9 Å². The number of hydrogen-bond donors (Lipinski definition) is 0. The second kappa shape index (κ2) is 12.3. The predicted molar refractivity (Wildman–Crippen MR) is 230 cm³/mol. The summed E-state index contributed by atoms with van der Waals surface area (Å²) in [7, 11) is 0. The molecule has 6 heteroatoms. The lowest BCUT2D eigenvalue weighted by Gasteiger charge is -2.10. The zero-order chi connectivity index (χ0) is 37.5. The van der Waals surface area contributed by atoms with E-state index in [9.17, 15) is 0 Å². The van der Waals surface area contributed by atoms with E-state index in [4.69, 9.17) is 23.8 Å². The number of nitrogens with zero attached hydrogens (tertiary/aromatic N) is 4. The van der Waals surface area contributed by atoms with Crippen LogP contribution in [0, 0.1) is 0 Å². The fraction of sp³-hybridized carbons (Fsp3) is 0. The summed E-state index contributed by atoms with van der Waals surface area (Å²) in [6.45, 7) is 0. The Morgan fingerprint density at radius 3 is 1.74 bits per heavy atom. The van der Waals surface area contributed by atoms with Gasteiger partial charge in [-0.05, 0) is 71.8 Å². The molecule has 0 fully saturated rings. The monoisotopic (exact) mass is 730 g/mol. The van der Waals surface area contributed by atoms with Crippen molar-refractivity contribution in [2.75, 3.05) is 0 Å². The Balaban J connectivity index is 1.08. The largest absolute Gasteiger partial charge is 0.456 e. The van der Waals surface area contributed by atoms with Crippen LogP contribution in [0.3, 0.4) is 0 Å². The standard InChI is InChI=1S/C51H30N4O2/c1-3-13-31(14-4-1)49-52-50(33-25-27-38-37-18-8-10-22-43(37)56-46(38)30-33)54-51(53-49)39-20-12-24-45-48(39)47-35(19-11-23-44(47)57-45)32-26-28-42-40(29-32)36-17-7-9-21-41(36)55(42)34-15-5-2-6-16-34/h1-30H. The van der Waals surface area contributed by atoms with Crippen molar-refractivity contribution in [3.63, 3.8) is 0 Å². The van der Waals surface area contributed by atoms with Gasteiger partial charge < -0.3 is 13.4 Å². The summed E-state index contributed by atoms with van der Waals surface area (Å²) in [5, 5.41) is 6.50. The second-order valence-electron chi connectivity index (χ2n) is 14.4. The van der Waals surface area contributed by atoms with Gasteiger partial charge in [-0.15, -0.1) is 0 Å². The molecule has 6 nitrogen and oxygen atoms in total. The molecule has 4 heterocycles. The van der Waals surface area contributed by atoms with E-state index >= 15 is 0 Å². The summed E-state index contributed by atoms with van der Waals surface area (Å²) in [5.74, 6) is 1.71. The van der Waals surface area contributed by atoms with Gasteiger partial charge in [-0.3, -0.25) is 0 Å². The first-order valence-electron chi connectivity index (χ1n) is 19.0. The molecule has 0 aliphatic carbocycles. The van der Waals surface area contributed by atoms with E-state index in [-0.39, 0.29) is 0 Å². The molecule has 266 valence electrons. The van der Waals surface area contributed by atoms with Crippen molar-refractivity contribution in [3.05, 3.63) is 182 Å². The van der Waals surface area contributed by atoms with Crippen LogP contribution in [0.2, 0.25) is 0 Å². The number of benzene rings is 8. The molecular weight excluding hydrogens is 701 g/mol. The molecule has 57 heavy (non-hydrogen) atoms. The van der Waals surface area contributed by atoms with Gasteiger partial charge in [-0.2, -0.15) is 0 Å². The minimum Gasteiger partial charge on any atom is -0.456 e. The minimum absolute atomic E-state index is 0.562. The summed E-state index contributed by atoms with van der Waals surface area (Å²) in [4.78, 5) is 15.4. The zero-order valence-electron chi connectivity index (χ0n) is 30.4. The number of aromatic nitrogens is 4. The lowest BCUT2D eigenvalue weighted by atomic mass is 9.96. The van der Waals surface area contributed by atoms with Crippen LogP contribution in [-0.4, -0.2) is 19.5 Å². The molecule has 0 radical (unpaired) electrons. The van der Waals surface area contributed by atoms with Crippen molar-refractivity contribution in [2.24, 2.45) is 0 Å². The molecule has 0 amide bonds. The summed E-state index contributed by atoms with van der Waals surface area (Å²) >= 11 is 0. The van der Waals surface area contributed by atoms with E-state index in [1.54, 1.807) is 0 Å². The molecule has 8 aromatic carbocycles. The molecule has 0 spiro atoms. The van der Waals surface area contributed by atoms with Crippen LogP contribution < -0.4 is 0 Å². The molecule has 0 saturated heterocycles. The van der Waals surface area contributed by atoms with Gasteiger partial charge in [0, 0.05) is 54.7 Å². The smallest absolute Gasteiger partial charge is 0.164 e. The number of fused-ring (bicyclic) bond motifs is 9. The minimum atomic E-state index is 0.562. The Labute approximate surface area is 325 Å². The van der Waals surface area contributed by atoms with Crippen LogP contribution in [0.25, 0.3) is 117 Å². The molecule has 12 rings (SSSR count). The molecule has 4 aromatic heterocycles. The van der Waals surface area contributed by atoms with Gasteiger partial charge in [0.15, 0.2) is 17.5 Å². The highest BCUT2D eigenvalue weighted by molar-refractivity contribution is 6.18. The third-order valence-corrected chi connectivity index (χ3v) is 11.1. The average molecular weight is 731 g/mol. The molecule has 0 N–H and O–H groups in total. The van der Waals surface area contributed by atoms with Crippen molar-refractivity contribution in [3.8, 4) is 51.0 Å². The molecule has 0 unspecified atom stereocenters. The van der Waals surface area contributed by atoms with Crippen molar-refractivity contribution >= 4 is 65.7 Å². The maximum atomic E-state index is 6.62. The lowest BCUT2D eigenvalue weighted by molar-refractivity contribution is 0.668. The summed E-state index contributed by atoms with van der Waals surface area (Å²) < 4.78 is 15.2. The topological polar surface area (TPSA) is 69.9 Å². The van der Waals surface area contributed by atoms with Crippen molar-refractivity contribution in [1.29, 1.82) is 0 Å². The highest BCUT2D eigenvalue weighted by atomic mass is 16.3. The first-order chi connectivity index (χ1) is 28.2. The molecular formula is C51H30N4O2. The Morgan fingerprint density at radius 1 is 0.333 bits per heavy atom. The van der Waals surface area contributed by atoms with Crippen LogP contribution in [0.5, 0.6) is 0 Å². The quantitative estimate of drug-likeness (QED) is 0.176. The van der Waals surface area contributed by atoms with Crippen LogP contribution >= 0.6 is 0 Å².